The van der Waals surface area contributed by atoms with E-state index in [4.69, 9.17) is 4.74 Å². The molecule has 2 aromatic carbocycles. The zero-order valence-corrected chi connectivity index (χ0v) is 12.6. The highest BCUT2D eigenvalue weighted by molar-refractivity contribution is 14.1. The lowest BCUT2D eigenvalue weighted by Crippen LogP contribution is -2.09. The van der Waals surface area contributed by atoms with Crippen molar-refractivity contribution in [2.75, 3.05) is 4.43 Å². The summed E-state index contributed by atoms with van der Waals surface area (Å²) in [5, 5.41) is 0. The maximum Gasteiger partial charge on any atom is 0.0922 e. The van der Waals surface area contributed by atoms with E-state index >= 15 is 0 Å². The Morgan fingerprint density at radius 2 is 1.39 bits per heavy atom. The summed E-state index contributed by atoms with van der Waals surface area (Å²) < 4.78 is 7.12. The highest BCUT2D eigenvalue weighted by Gasteiger charge is 2.15. The van der Waals surface area contributed by atoms with Crippen molar-refractivity contribution in [1.82, 2.24) is 0 Å². The highest BCUT2D eigenvalue weighted by atomic mass is 127. The first kappa shape index (κ1) is 13.6. The van der Waals surface area contributed by atoms with Crippen molar-refractivity contribution in [3.63, 3.8) is 0 Å². The molecule has 2 unspecified atom stereocenters. The number of benzene rings is 2. The predicted molar refractivity (Wildman–Crippen MR) is 84.0 cm³/mol. The van der Waals surface area contributed by atoms with E-state index in [1.165, 1.54) is 11.1 Å². The molecule has 2 atom stereocenters. The van der Waals surface area contributed by atoms with Gasteiger partial charge in [0, 0.05) is 4.43 Å². The summed E-state index contributed by atoms with van der Waals surface area (Å²) in [7, 11) is 0. The van der Waals surface area contributed by atoms with Crippen molar-refractivity contribution in [3.8, 4) is 0 Å². The smallest absolute Gasteiger partial charge is 0.0922 e. The quantitative estimate of drug-likeness (QED) is 0.547. The molecule has 0 saturated heterocycles. The Hall–Kier alpha value is -0.870. The van der Waals surface area contributed by atoms with Crippen LogP contribution in [0, 0.1) is 0 Å². The third-order valence-electron chi connectivity index (χ3n) is 2.95. The lowest BCUT2D eigenvalue weighted by atomic mass is 10.1. The van der Waals surface area contributed by atoms with Crippen molar-refractivity contribution in [1.29, 1.82) is 0 Å². The van der Waals surface area contributed by atoms with Gasteiger partial charge < -0.3 is 4.74 Å². The molecule has 0 bridgehead atoms. The van der Waals surface area contributed by atoms with Crippen LogP contribution in [-0.2, 0) is 4.74 Å². The van der Waals surface area contributed by atoms with E-state index in [0.717, 1.165) is 4.43 Å². The standard InChI is InChI=1S/C16H17IO/c1-13(14-8-4-2-5-9-14)18-16(12-17)15-10-6-3-7-11-15/h2-11,13,16H,12H2,1H3. The second kappa shape index (κ2) is 6.90. The monoisotopic (exact) mass is 352 g/mol. The van der Waals surface area contributed by atoms with Crippen LogP contribution < -0.4 is 0 Å². The van der Waals surface area contributed by atoms with Gasteiger partial charge in [0.1, 0.15) is 0 Å². The van der Waals surface area contributed by atoms with Crippen molar-refractivity contribution in [3.05, 3.63) is 71.8 Å². The third-order valence-corrected chi connectivity index (χ3v) is 3.75. The molecule has 2 rings (SSSR count). The average Bonchev–Trinajstić information content (AvgIpc) is 2.46. The van der Waals surface area contributed by atoms with Crippen molar-refractivity contribution in [2.24, 2.45) is 0 Å². The Morgan fingerprint density at radius 3 is 1.89 bits per heavy atom. The van der Waals surface area contributed by atoms with Crippen LogP contribution in [0.25, 0.3) is 0 Å². The maximum absolute atomic E-state index is 6.16. The molecule has 0 saturated carbocycles. The number of alkyl halides is 1. The Balaban J connectivity index is 2.07. The van der Waals surface area contributed by atoms with Crippen LogP contribution in [0.1, 0.15) is 30.3 Å². The van der Waals surface area contributed by atoms with Crippen LogP contribution in [0.5, 0.6) is 0 Å². The van der Waals surface area contributed by atoms with Gasteiger partial charge in [-0.1, -0.05) is 83.3 Å². The Bertz CT molecular complexity index is 455. The number of hydrogen-bond donors (Lipinski definition) is 0. The van der Waals surface area contributed by atoms with E-state index in [-0.39, 0.29) is 12.2 Å². The fourth-order valence-corrected chi connectivity index (χ4v) is 2.64. The van der Waals surface area contributed by atoms with Crippen LogP contribution in [0.2, 0.25) is 0 Å². The summed E-state index contributed by atoms with van der Waals surface area (Å²) in [6.45, 7) is 2.11. The molecule has 0 aliphatic rings. The molecule has 0 aliphatic heterocycles. The van der Waals surface area contributed by atoms with Gasteiger partial charge in [0.2, 0.25) is 0 Å². The summed E-state index contributed by atoms with van der Waals surface area (Å²) in [6, 6.07) is 20.8. The molecule has 0 aromatic heterocycles. The Labute approximate surface area is 122 Å². The maximum atomic E-state index is 6.16. The summed E-state index contributed by atoms with van der Waals surface area (Å²) in [5.41, 5.74) is 2.47. The zero-order valence-electron chi connectivity index (χ0n) is 10.4. The zero-order chi connectivity index (χ0) is 12.8. The molecule has 0 aliphatic carbocycles. The molecule has 0 N–H and O–H groups in total. The van der Waals surface area contributed by atoms with Crippen LogP contribution in [0.15, 0.2) is 60.7 Å². The SMILES string of the molecule is CC(OC(CI)c1ccccc1)c1ccccc1. The van der Waals surface area contributed by atoms with Crippen LogP contribution in [-0.4, -0.2) is 4.43 Å². The minimum Gasteiger partial charge on any atom is -0.365 e. The molecule has 0 fully saturated rings. The minimum absolute atomic E-state index is 0.117. The lowest BCUT2D eigenvalue weighted by molar-refractivity contribution is 0.0103. The van der Waals surface area contributed by atoms with Crippen molar-refractivity contribution < 1.29 is 4.74 Å². The second-order valence-electron chi connectivity index (χ2n) is 4.24. The lowest BCUT2D eigenvalue weighted by Gasteiger charge is -2.21. The summed E-state index contributed by atoms with van der Waals surface area (Å²) in [4.78, 5) is 0. The van der Waals surface area contributed by atoms with E-state index < -0.39 is 0 Å². The Kier molecular flexibility index (Phi) is 5.20. The van der Waals surface area contributed by atoms with Gasteiger partial charge >= 0.3 is 0 Å². The number of ether oxygens (including phenoxy) is 1. The summed E-state index contributed by atoms with van der Waals surface area (Å²) in [6.07, 6.45) is 0.271. The van der Waals surface area contributed by atoms with Crippen LogP contribution in [0.4, 0.5) is 0 Å². The van der Waals surface area contributed by atoms with E-state index in [0.29, 0.717) is 0 Å². The molecule has 2 heteroatoms. The normalized spacial score (nSPS) is 14.1. The molecule has 18 heavy (non-hydrogen) atoms. The van der Waals surface area contributed by atoms with E-state index in [9.17, 15) is 0 Å². The van der Waals surface area contributed by atoms with E-state index in [2.05, 4.69) is 78.0 Å². The van der Waals surface area contributed by atoms with Gasteiger partial charge in [-0.2, -0.15) is 0 Å². The van der Waals surface area contributed by atoms with E-state index in [1.54, 1.807) is 0 Å². The van der Waals surface area contributed by atoms with E-state index in [1.807, 2.05) is 12.1 Å². The molecule has 0 heterocycles. The predicted octanol–water partition coefficient (Wildman–Crippen LogP) is 4.94. The van der Waals surface area contributed by atoms with Crippen molar-refractivity contribution >= 4 is 22.6 Å². The minimum atomic E-state index is 0.117. The van der Waals surface area contributed by atoms with Gasteiger partial charge in [-0.25, -0.2) is 0 Å². The van der Waals surface area contributed by atoms with Gasteiger partial charge in [0.05, 0.1) is 12.2 Å². The Morgan fingerprint density at radius 1 is 0.889 bits per heavy atom. The summed E-state index contributed by atoms with van der Waals surface area (Å²) >= 11 is 2.38. The average molecular weight is 352 g/mol. The van der Waals surface area contributed by atoms with Crippen LogP contribution in [0.3, 0.4) is 0 Å². The highest BCUT2D eigenvalue weighted by Crippen LogP contribution is 2.27. The first-order valence-electron chi connectivity index (χ1n) is 6.12. The molecule has 0 spiro atoms. The molecule has 0 amide bonds. The molecular weight excluding hydrogens is 335 g/mol. The fourth-order valence-electron chi connectivity index (χ4n) is 1.92. The topological polar surface area (TPSA) is 9.23 Å². The van der Waals surface area contributed by atoms with Gasteiger partial charge in [-0.05, 0) is 18.1 Å². The summed E-state index contributed by atoms with van der Waals surface area (Å²) in [5.74, 6) is 0. The van der Waals surface area contributed by atoms with Crippen molar-refractivity contribution in [2.45, 2.75) is 19.1 Å². The van der Waals surface area contributed by atoms with Gasteiger partial charge in [0.15, 0.2) is 0 Å². The van der Waals surface area contributed by atoms with Gasteiger partial charge in [-0.15, -0.1) is 0 Å². The molecule has 1 nitrogen and oxygen atoms in total. The number of rotatable bonds is 5. The fraction of sp³-hybridized carbons (Fsp3) is 0.250. The van der Waals surface area contributed by atoms with Crippen LogP contribution >= 0.6 is 22.6 Å². The molecule has 2 aromatic rings. The largest absolute Gasteiger partial charge is 0.365 e. The van der Waals surface area contributed by atoms with Gasteiger partial charge in [0.25, 0.3) is 0 Å². The molecular formula is C16H17IO. The number of halogens is 1. The first-order chi connectivity index (χ1) is 8.81. The first-order valence-corrected chi connectivity index (χ1v) is 7.65. The van der Waals surface area contributed by atoms with Gasteiger partial charge in [-0.3, -0.25) is 0 Å². The molecule has 94 valence electrons. The second-order valence-corrected chi connectivity index (χ2v) is 5.12. The third kappa shape index (κ3) is 3.56. The molecule has 0 radical (unpaired) electrons. The number of hydrogen-bond acceptors (Lipinski definition) is 1.